The lowest BCUT2D eigenvalue weighted by Gasteiger charge is -2.49. The smallest absolute Gasteiger partial charge is 0.409 e. The summed E-state index contributed by atoms with van der Waals surface area (Å²) in [6.07, 6.45) is 7.26. The molecule has 2 heterocycles. The molecular weight excluding hydrogens is 388 g/mol. The number of aryl methyl sites for hydroxylation is 1. The second-order valence-corrected chi connectivity index (χ2v) is 9.94. The van der Waals surface area contributed by atoms with Gasteiger partial charge in [0.25, 0.3) is 0 Å². The number of Topliss-reactive ketones (excluding diaryl/α,β-unsaturated/α-hetero) is 1. The summed E-state index contributed by atoms with van der Waals surface area (Å²) in [5.74, 6) is 0.387. The molecule has 31 heavy (non-hydrogen) atoms. The summed E-state index contributed by atoms with van der Waals surface area (Å²) >= 11 is 0. The number of nitrogens with zero attached hydrogens (tertiary/aromatic N) is 2. The van der Waals surface area contributed by atoms with E-state index in [2.05, 4.69) is 30.0 Å². The van der Waals surface area contributed by atoms with E-state index in [1.807, 2.05) is 11.8 Å². The van der Waals surface area contributed by atoms with Gasteiger partial charge in [0, 0.05) is 25.0 Å². The fraction of sp³-hybridized carbons (Fsp3) is 0.692. The third-order valence-electron chi connectivity index (χ3n) is 7.98. The molecule has 4 rings (SSSR count). The Morgan fingerprint density at radius 1 is 1.06 bits per heavy atom. The first-order valence-corrected chi connectivity index (χ1v) is 12.2. The average Bonchev–Trinajstić information content (AvgIpc) is 2.78. The highest BCUT2D eigenvalue weighted by Gasteiger charge is 2.44. The number of likely N-dealkylation sites (tertiary alicyclic amines) is 2. The molecule has 0 saturated carbocycles. The molecule has 170 valence electrons. The standard InChI is InChI=1S/C26H38N2O3/c1-4-17-31-25(30)28-13-8-21(9-14-28)27-15-11-26(12-16-27)10-7-22(20(3)29)23-6-5-19(2)18-24(23)26/h5-6,18,21-22H,4,7-17H2,1-3H3. The molecule has 1 spiro atoms. The lowest BCUT2D eigenvalue weighted by molar-refractivity contribution is -0.118. The summed E-state index contributed by atoms with van der Waals surface area (Å²) in [4.78, 5) is 28.9. The summed E-state index contributed by atoms with van der Waals surface area (Å²) < 4.78 is 5.30. The topological polar surface area (TPSA) is 49.9 Å². The van der Waals surface area contributed by atoms with Gasteiger partial charge in [-0.2, -0.15) is 0 Å². The Balaban J connectivity index is 1.39. The lowest BCUT2D eigenvalue weighted by Crippen LogP contribution is -2.52. The molecule has 5 nitrogen and oxygen atoms in total. The quantitative estimate of drug-likeness (QED) is 0.694. The van der Waals surface area contributed by atoms with Crippen LogP contribution in [0.15, 0.2) is 18.2 Å². The highest BCUT2D eigenvalue weighted by molar-refractivity contribution is 5.84. The van der Waals surface area contributed by atoms with Gasteiger partial charge in [-0.3, -0.25) is 4.79 Å². The van der Waals surface area contributed by atoms with Crippen molar-refractivity contribution in [2.24, 2.45) is 0 Å². The van der Waals surface area contributed by atoms with Crippen LogP contribution in [-0.4, -0.2) is 60.5 Å². The first-order chi connectivity index (χ1) is 14.9. The Kier molecular flexibility index (Phi) is 6.71. The molecule has 2 fully saturated rings. The van der Waals surface area contributed by atoms with Gasteiger partial charge in [-0.15, -0.1) is 0 Å². The minimum Gasteiger partial charge on any atom is -0.449 e. The number of ketones is 1. The molecule has 0 bridgehead atoms. The highest BCUT2D eigenvalue weighted by Crippen LogP contribution is 2.49. The first-order valence-electron chi connectivity index (χ1n) is 12.2. The van der Waals surface area contributed by atoms with Gasteiger partial charge in [0.2, 0.25) is 0 Å². The normalized spacial score (nSPS) is 24.1. The zero-order valence-electron chi connectivity index (χ0n) is 19.5. The molecule has 3 aliphatic rings. The van der Waals surface area contributed by atoms with E-state index in [1.165, 1.54) is 29.5 Å². The van der Waals surface area contributed by atoms with Crippen molar-refractivity contribution in [2.45, 2.75) is 83.1 Å². The van der Waals surface area contributed by atoms with Gasteiger partial charge in [0.15, 0.2) is 0 Å². The second-order valence-electron chi connectivity index (χ2n) is 9.94. The minimum atomic E-state index is -0.146. The molecule has 1 amide bonds. The molecule has 2 saturated heterocycles. The minimum absolute atomic E-state index is 0.0797. The van der Waals surface area contributed by atoms with Crippen LogP contribution in [0.2, 0.25) is 0 Å². The number of amides is 1. The predicted octanol–water partition coefficient (Wildman–Crippen LogP) is 4.81. The Morgan fingerprint density at radius 2 is 1.77 bits per heavy atom. The Labute approximate surface area is 187 Å². The lowest BCUT2D eigenvalue weighted by atomic mass is 9.61. The number of hydrogen-bond acceptors (Lipinski definition) is 4. The van der Waals surface area contributed by atoms with Crippen LogP contribution in [-0.2, 0) is 14.9 Å². The van der Waals surface area contributed by atoms with E-state index < -0.39 is 0 Å². The molecule has 0 aromatic heterocycles. The van der Waals surface area contributed by atoms with Crippen molar-refractivity contribution in [1.82, 2.24) is 9.80 Å². The van der Waals surface area contributed by atoms with Crippen LogP contribution in [0.3, 0.4) is 0 Å². The zero-order valence-corrected chi connectivity index (χ0v) is 19.5. The predicted molar refractivity (Wildman–Crippen MR) is 123 cm³/mol. The number of carbonyl (C=O) groups excluding carboxylic acids is 2. The largest absolute Gasteiger partial charge is 0.449 e. The monoisotopic (exact) mass is 426 g/mol. The fourth-order valence-corrected chi connectivity index (χ4v) is 6.10. The summed E-state index contributed by atoms with van der Waals surface area (Å²) in [6, 6.07) is 7.32. The van der Waals surface area contributed by atoms with E-state index in [0.717, 1.165) is 58.3 Å². The maximum atomic E-state index is 12.3. The number of benzene rings is 1. The summed E-state index contributed by atoms with van der Waals surface area (Å²) in [5, 5.41) is 0. The second kappa shape index (κ2) is 9.32. The molecule has 5 heteroatoms. The molecule has 1 aliphatic carbocycles. The van der Waals surface area contributed by atoms with E-state index in [0.29, 0.717) is 18.4 Å². The molecule has 2 aliphatic heterocycles. The number of carbonyl (C=O) groups is 2. The molecular formula is C26H38N2O3. The first kappa shape index (κ1) is 22.3. The SMILES string of the molecule is CCCOC(=O)N1CCC(N2CCC3(CCC(C(C)=O)c4ccc(C)cc43)CC2)CC1. The Hall–Kier alpha value is -1.88. The van der Waals surface area contributed by atoms with Crippen LogP contribution < -0.4 is 0 Å². The number of rotatable bonds is 4. The summed E-state index contributed by atoms with van der Waals surface area (Å²) in [6.45, 7) is 10.3. The maximum absolute atomic E-state index is 12.3. The summed E-state index contributed by atoms with van der Waals surface area (Å²) in [5.41, 5.74) is 4.27. The van der Waals surface area contributed by atoms with Gasteiger partial charge < -0.3 is 14.5 Å². The van der Waals surface area contributed by atoms with Crippen molar-refractivity contribution in [1.29, 1.82) is 0 Å². The van der Waals surface area contributed by atoms with E-state index in [4.69, 9.17) is 4.74 Å². The number of fused-ring (bicyclic) bond motifs is 2. The van der Waals surface area contributed by atoms with Gasteiger partial charge >= 0.3 is 6.09 Å². The highest BCUT2D eigenvalue weighted by atomic mass is 16.6. The molecule has 1 aromatic rings. The van der Waals surface area contributed by atoms with Crippen LogP contribution in [0.25, 0.3) is 0 Å². The van der Waals surface area contributed by atoms with Crippen molar-refractivity contribution < 1.29 is 14.3 Å². The van der Waals surface area contributed by atoms with E-state index >= 15 is 0 Å². The van der Waals surface area contributed by atoms with E-state index in [9.17, 15) is 9.59 Å². The van der Waals surface area contributed by atoms with Gasteiger partial charge in [-0.1, -0.05) is 30.7 Å². The number of ether oxygens (including phenoxy) is 1. The number of hydrogen-bond donors (Lipinski definition) is 0. The van der Waals surface area contributed by atoms with Crippen molar-refractivity contribution in [3.63, 3.8) is 0 Å². The van der Waals surface area contributed by atoms with Gasteiger partial charge in [0.05, 0.1) is 6.61 Å². The molecule has 1 aromatic carbocycles. The Bertz CT molecular complexity index is 805. The molecule has 1 unspecified atom stereocenters. The van der Waals surface area contributed by atoms with Crippen LogP contribution >= 0.6 is 0 Å². The zero-order chi connectivity index (χ0) is 22.0. The van der Waals surface area contributed by atoms with Gasteiger partial charge in [0.1, 0.15) is 5.78 Å². The summed E-state index contributed by atoms with van der Waals surface area (Å²) in [7, 11) is 0. The van der Waals surface area contributed by atoms with Crippen LogP contribution in [0.4, 0.5) is 4.79 Å². The van der Waals surface area contributed by atoms with E-state index in [-0.39, 0.29) is 17.4 Å². The van der Waals surface area contributed by atoms with Gasteiger partial charge in [-0.05, 0) is 88.4 Å². The van der Waals surface area contributed by atoms with E-state index in [1.54, 1.807) is 6.92 Å². The molecule has 1 atom stereocenters. The van der Waals surface area contributed by atoms with Crippen molar-refractivity contribution in [2.75, 3.05) is 32.8 Å². The van der Waals surface area contributed by atoms with Crippen molar-refractivity contribution in [3.05, 3.63) is 34.9 Å². The van der Waals surface area contributed by atoms with Crippen LogP contribution in [0.5, 0.6) is 0 Å². The third kappa shape index (κ3) is 4.52. The van der Waals surface area contributed by atoms with Gasteiger partial charge in [-0.25, -0.2) is 4.79 Å². The Morgan fingerprint density at radius 3 is 2.42 bits per heavy atom. The fourth-order valence-electron chi connectivity index (χ4n) is 6.10. The number of piperidine rings is 2. The van der Waals surface area contributed by atoms with Crippen LogP contribution in [0, 0.1) is 6.92 Å². The van der Waals surface area contributed by atoms with Crippen molar-refractivity contribution in [3.8, 4) is 0 Å². The van der Waals surface area contributed by atoms with Crippen molar-refractivity contribution >= 4 is 11.9 Å². The molecule has 0 radical (unpaired) electrons. The third-order valence-corrected chi connectivity index (χ3v) is 7.98. The van der Waals surface area contributed by atoms with Crippen LogP contribution in [0.1, 0.15) is 81.4 Å². The average molecular weight is 427 g/mol. The maximum Gasteiger partial charge on any atom is 0.409 e. The molecule has 0 N–H and O–H groups in total.